The van der Waals surface area contributed by atoms with Crippen LogP contribution in [0.2, 0.25) is 0 Å². The third-order valence-electron chi connectivity index (χ3n) is 4.79. The lowest BCUT2D eigenvalue weighted by Crippen LogP contribution is -2.47. The number of nitrogens with zero attached hydrogens (tertiary/aromatic N) is 7. The van der Waals surface area contributed by atoms with Crippen molar-refractivity contribution in [3.05, 3.63) is 35.5 Å². The Hall–Kier alpha value is -3.41. The largest absolute Gasteiger partial charge is 0.459 e. The predicted molar refractivity (Wildman–Crippen MR) is 102 cm³/mol. The Balaban J connectivity index is 1.50. The minimum atomic E-state index is 0.262. The molecule has 4 heterocycles. The van der Waals surface area contributed by atoms with Crippen molar-refractivity contribution in [3.63, 3.8) is 0 Å². The first-order valence-electron chi connectivity index (χ1n) is 9.40. The maximum absolute atomic E-state index is 9.43. The van der Waals surface area contributed by atoms with E-state index in [9.17, 15) is 5.26 Å². The van der Waals surface area contributed by atoms with E-state index < -0.39 is 0 Å². The topological polar surface area (TPSA) is 108 Å². The van der Waals surface area contributed by atoms with Gasteiger partial charge in [-0.3, -0.25) is 0 Å². The molecule has 0 amide bonds. The molecule has 0 N–H and O–H groups in total. The summed E-state index contributed by atoms with van der Waals surface area (Å²) in [6, 6.07) is 5.62. The lowest BCUT2D eigenvalue weighted by molar-refractivity contribution is 0.499. The van der Waals surface area contributed by atoms with Crippen LogP contribution < -0.4 is 9.80 Å². The van der Waals surface area contributed by atoms with Crippen LogP contribution in [0.4, 0.5) is 11.8 Å². The summed E-state index contributed by atoms with van der Waals surface area (Å²) in [6.45, 7) is 6.89. The van der Waals surface area contributed by atoms with Gasteiger partial charge in [-0.05, 0) is 25.0 Å². The monoisotopic (exact) mass is 379 g/mol. The van der Waals surface area contributed by atoms with E-state index in [0.29, 0.717) is 49.7 Å². The summed E-state index contributed by atoms with van der Waals surface area (Å²) in [5.41, 5.74) is 2.22. The zero-order valence-electron chi connectivity index (χ0n) is 15.9. The molecule has 0 atom stereocenters. The minimum absolute atomic E-state index is 0.262. The van der Waals surface area contributed by atoms with E-state index in [0.717, 1.165) is 24.2 Å². The zero-order valence-corrected chi connectivity index (χ0v) is 15.9. The Morgan fingerprint density at radius 1 is 1.04 bits per heavy atom. The van der Waals surface area contributed by atoms with Crippen molar-refractivity contribution in [1.82, 2.24) is 20.2 Å². The van der Waals surface area contributed by atoms with Gasteiger partial charge in [0.25, 0.3) is 5.89 Å². The summed E-state index contributed by atoms with van der Waals surface area (Å²) in [5.74, 6) is 1.95. The highest BCUT2D eigenvalue weighted by Crippen LogP contribution is 2.29. The minimum Gasteiger partial charge on any atom is -0.459 e. The van der Waals surface area contributed by atoms with E-state index >= 15 is 0 Å². The van der Waals surface area contributed by atoms with E-state index in [-0.39, 0.29) is 5.69 Å². The number of anilines is 2. The molecule has 3 aromatic rings. The van der Waals surface area contributed by atoms with E-state index in [2.05, 4.69) is 45.0 Å². The third kappa shape index (κ3) is 3.29. The van der Waals surface area contributed by atoms with Gasteiger partial charge in [-0.1, -0.05) is 13.8 Å². The Morgan fingerprint density at radius 2 is 1.79 bits per heavy atom. The lowest BCUT2D eigenvalue weighted by Gasteiger charge is -2.34. The number of hydrogen-bond donors (Lipinski definition) is 0. The van der Waals surface area contributed by atoms with Crippen molar-refractivity contribution in [2.24, 2.45) is 0 Å². The first-order chi connectivity index (χ1) is 13.7. The molecule has 0 aliphatic carbocycles. The molecule has 1 saturated heterocycles. The molecule has 3 aromatic heterocycles. The average molecular weight is 379 g/mol. The summed E-state index contributed by atoms with van der Waals surface area (Å²) in [5, 5.41) is 18.1. The van der Waals surface area contributed by atoms with Crippen molar-refractivity contribution in [3.8, 4) is 17.7 Å². The van der Waals surface area contributed by atoms with E-state index in [1.807, 2.05) is 4.90 Å². The zero-order chi connectivity index (χ0) is 19.5. The second-order valence-corrected chi connectivity index (χ2v) is 6.45. The van der Waals surface area contributed by atoms with Gasteiger partial charge < -0.3 is 18.6 Å². The number of piperazine rings is 1. The number of oxazole rings is 1. The second kappa shape index (κ2) is 7.68. The molecular weight excluding hydrogens is 358 g/mol. The van der Waals surface area contributed by atoms with E-state index in [1.165, 1.54) is 0 Å². The van der Waals surface area contributed by atoms with Gasteiger partial charge in [0.2, 0.25) is 17.5 Å². The molecule has 1 aliphatic rings. The molecule has 4 rings (SSSR count). The quantitative estimate of drug-likeness (QED) is 0.660. The molecule has 144 valence electrons. The molecule has 0 spiro atoms. The Labute approximate surface area is 162 Å². The first kappa shape index (κ1) is 18.0. The fourth-order valence-electron chi connectivity index (χ4n) is 3.28. The summed E-state index contributed by atoms with van der Waals surface area (Å²) in [4.78, 5) is 13.1. The molecule has 9 heteroatoms. The van der Waals surface area contributed by atoms with Crippen molar-refractivity contribution in [1.29, 1.82) is 5.26 Å². The molecule has 0 aromatic carbocycles. The summed E-state index contributed by atoms with van der Waals surface area (Å²) in [7, 11) is 0. The molecule has 28 heavy (non-hydrogen) atoms. The van der Waals surface area contributed by atoms with Crippen LogP contribution in [0.1, 0.15) is 30.9 Å². The van der Waals surface area contributed by atoms with E-state index in [4.69, 9.17) is 8.83 Å². The standard InChI is InChI=1S/C19H21N7O2/c1-3-13-14(4-2)23-24-19(22-13)26-9-7-25(8-10-26)18-15(12-20)21-17(28-18)16-6-5-11-27-16/h5-6,11H,3-4,7-10H2,1-2H3. The van der Waals surface area contributed by atoms with Gasteiger partial charge in [-0.25, -0.2) is 4.98 Å². The number of rotatable bonds is 5. The van der Waals surface area contributed by atoms with Crippen molar-refractivity contribution in [2.75, 3.05) is 36.0 Å². The van der Waals surface area contributed by atoms with Gasteiger partial charge in [0.05, 0.1) is 17.7 Å². The van der Waals surface area contributed by atoms with Crippen LogP contribution in [0.15, 0.2) is 27.2 Å². The molecular formula is C19H21N7O2. The number of aromatic nitrogens is 4. The number of nitriles is 1. The highest BCUT2D eigenvalue weighted by Gasteiger charge is 2.26. The normalized spacial score (nSPS) is 14.3. The summed E-state index contributed by atoms with van der Waals surface area (Å²) in [6.07, 6.45) is 3.22. The third-order valence-corrected chi connectivity index (χ3v) is 4.79. The van der Waals surface area contributed by atoms with Crippen LogP contribution in [-0.2, 0) is 12.8 Å². The van der Waals surface area contributed by atoms with Gasteiger partial charge >= 0.3 is 0 Å². The van der Waals surface area contributed by atoms with Crippen LogP contribution in [0.5, 0.6) is 0 Å². The highest BCUT2D eigenvalue weighted by atomic mass is 16.4. The molecule has 9 nitrogen and oxygen atoms in total. The van der Waals surface area contributed by atoms with Gasteiger partial charge in [0.15, 0.2) is 5.76 Å². The smallest absolute Gasteiger partial charge is 0.266 e. The fourth-order valence-corrected chi connectivity index (χ4v) is 3.28. The second-order valence-electron chi connectivity index (χ2n) is 6.45. The van der Waals surface area contributed by atoms with Crippen molar-refractivity contribution in [2.45, 2.75) is 26.7 Å². The molecule has 0 saturated carbocycles. The SMILES string of the molecule is CCc1nnc(N2CCN(c3oc(-c4ccco4)nc3C#N)CC2)nc1CC. The number of hydrogen-bond acceptors (Lipinski definition) is 9. The summed E-state index contributed by atoms with van der Waals surface area (Å²) >= 11 is 0. The first-order valence-corrected chi connectivity index (χ1v) is 9.40. The fraction of sp³-hybridized carbons (Fsp3) is 0.421. The Morgan fingerprint density at radius 3 is 2.43 bits per heavy atom. The molecule has 1 fully saturated rings. The number of aryl methyl sites for hydroxylation is 2. The van der Waals surface area contributed by atoms with Crippen LogP contribution in [0.25, 0.3) is 11.7 Å². The van der Waals surface area contributed by atoms with Gasteiger partial charge in [-0.15, -0.1) is 5.10 Å². The van der Waals surface area contributed by atoms with Gasteiger partial charge in [0, 0.05) is 26.2 Å². The molecule has 0 bridgehead atoms. The number of furan rings is 1. The maximum atomic E-state index is 9.43. The average Bonchev–Trinajstić information content (AvgIpc) is 3.43. The van der Waals surface area contributed by atoms with Crippen molar-refractivity contribution < 1.29 is 8.83 Å². The molecule has 0 unspecified atom stereocenters. The van der Waals surface area contributed by atoms with E-state index in [1.54, 1.807) is 18.4 Å². The van der Waals surface area contributed by atoms with Crippen LogP contribution >= 0.6 is 0 Å². The predicted octanol–water partition coefficient (Wildman–Crippen LogP) is 2.44. The maximum Gasteiger partial charge on any atom is 0.266 e. The Bertz CT molecular complexity index is 982. The molecule has 0 radical (unpaired) electrons. The van der Waals surface area contributed by atoms with Crippen LogP contribution in [0.3, 0.4) is 0 Å². The summed E-state index contributed by atoms with van der Waals surface area (Å²) < 4.78 is 11.2. The van der Waals surface area contributed by atoms with Crippen LogP contribution in [0, 0.1) is 11.3 Å². The highest BCUT2D eigenvalue weighted by molar-refractivity contribution is 5.56. The van der Waals surface area contributed by atoms with Crippen LogP contribution in [-0.4, -0.2) is 46.3 Å². The van der Waals surface area contributed by atoms with Gasteiger partial charge in [0.1, 0.15) is 6.07 Å². The van der Waals surface area contributed by atoms with Crippen molar-refractivity contribution >= 4 is 11.8 Å². The Kier molecular flexibility index (Phi) is 4.93. The lowest BCUT2D eigenvalue weighted by atomic mass is 10.2. The van der Waals surface area contributed by atoms with Gasteiger partial charge in [-0.2, -0.15) is 15.3 Å². The molecule has 1 aliphatic heterocycles.